The molecular formula is C14H8BrNO2S. The molecule has 1 N–H and O–H groups in total. The Balaban J connectivity index is 2.15. The minimum atomic E-state index is -0.353. The van der Waals surface area contributed by atoms with Gasteiger partial charge in [0.15, 0.2) is 0 Å². The van der Waals surface area contributed by atoms with E-state index >= 15 is 0 Å². The Morgan fingerprint density at radius 1 is 1.00 bits per heavy atom. The molecule has 3 rings (SSSR count). The molecule has 5 heteroatoms. The number of benzene rings is 1. The van der Waals surface area contributed by atoms with Crippen LogP contribution in [-0.4, -0.2) is 11.8 Å². The van der Waals surface area contributed by atoms with Crippen molar-refractivity contribution in [1.82, 2.24) is 5.32 Å². The summed E-state index contributed by atoms with van der Waals surface area (Å²) in [7, 11) is 0. The number of amides is 2. The third-order valence-electron chi connectivity index (χ3n) is 2.81. The molecular weight excluding hydrogens is 326 g/mol. The summed E-state index contributed by atoms with van der Waals surface area (Å²) in [5, 5.41) is 2.36. The van der Waals surface area contributed by atoms with Gasteiger partial charge >= 0.3 is 0 Å². The van der Waals surface area contributed by atoms with Crippen LogP contribution in [-0.2, 0) is 4.79 Å². The Morgan fingerprint density at radius 3 is 2.42 bits per heavy atom. The SMILES string of the molecule is O=C1NC(=O)c2ccccc2/C1=C\c1ccc(Br)s1. The number of thiophene rings is 1. The number of halogens is 1. The van der Waals surface area contributed by atoms with Gasteiger partial charge in [0.05, 0.1) is 3.79 Å². The summed E-state index contributed by atoms with van der Waals surface area (Å²) in [6.45, 7) is 0. The summed E-state index contributed by atoms with van der Waals surface area (Å²) in [6.07, 6.45) is 1.80. The highest BCUT2D eigenvalue weighted by Gasteiger charge is 2.26. The highest BCUT2D eigenvalue weighted by molar-refractivity contribution is 9.11. The fraction of sp³-hybridized carbons (Fsp3) is 0. The van der Waals surface area contributed by atoms with E-state index in [9.17, 15) is 9.59 Å². The molecule has 2 amide bonds. The summed E-state index contributed by atoms with van der Waals surface area (Å²) in [6, 6.07) is 11.0. The topological polar surface area (TPSA) is 46.2 Å². The molecule has 1 aliphatic heterocycles. The number of carbonyl (C=O) groups is 2. The average Bonchev–Trinajstić information content (AvgIpc) is 2.80. The molecule has 2 heterocycles. The molecule has 1 aliphatic rings. The van der Waals surface area contributed by atoms with Crippen LogP contribution < -0.4 is 5.32 Å². The molecule has 0 saturated heterocycles. The molecule has 94 valence electrons. The van der Waals surface area contributed by atoms with Crippen molar-refractivity contribution >= 4 is 50.7 Å². The van der Waals surface area contributed by atoms with Crippen molar-refractivity contribution in [3.63, 3.8) is 0 Å². The molecule has 0 aliphatic carbocycles. The fourth-order valence-electron chi connectivity index (χ4n) is 1.97. The minimum absolute atomic E-state index is 0.342. The maximum Gasteiger partial charge on any atom is 0.258 e. The van der Waals surface area contributed by atoms with Crippen LogP contribution in [0.25, 0.3) is 11.6 Å². The van der Waals surface area contributed by atoms with Gasteiger partial charge in [-0.05, 0) is 45.8 Å². The summed E-state index contributed by atoms with van der Waals surface area (Å²) in [5.74, 6) is -0.696. The smallest absolute Gasteiger partial charge is 0.258 e. The summed E-state index contributed by atoms with van der Waals surface area (Å²) < 4.78 is 1.000. The largest absolute Gasteiger partial charge is 0.288 e. The number of hydrogen-bond donors (Lipinski definition) is 1. The Labute approximate surface area is 122 Å². The van der Waals surface area contributed by atoms with Crippen molar-refractivity contribution in [2.45, 2.75) is 0 Å². The van der Waals surface area contributed by atoms with E-state index in [-0.39, 0.29) is 11.8 Å². The van der Waals surface area contributed by atoms with E-state index in [1.807, 2.05) is 18.2 Å². The summed E-state index contributed by atoms with van der Waals surface area (Å²) >= 11 is 4.92. The normalized spacial score (nSPS) is 16.4. The third kappa shape index (κ3) is 2.27. The third-order valence-corrected chi connectivity index (χ3v) is 4.38. The number of carbonyl (C=O) groups excluding carboxylic acids is 2. The van der Waals surface area contributed by atoms with Gasteiger partial charge in [0, 0.05) is 16.0 Å². The second-order valence-corrected chi connectivity index (χ2v) is 6.52. The Kier molecular flexibility index (Phi) is 3.08. The van der Waals surface area contributed by atoms with E-state index in [1.165, 1.54) is 11.3 Å². The lowest BCUT2D eigenvalue weighted by molar-refractivity contribution is -0.114. The van der Waals surface area contributed by atoms with Gasteiger partial charge in [0.2, 0.25) is 0 Å². The van der Waals surface area contributed by atoms with Crippen LogP contribution in [0.5, 0.6) is 0 Å². The maximum atomic E-state index is 12.0. The van der Waals surface area contributed by atoms with Crippen LogP contribution in [0.2, 0.25) is 0 Å². The first-order chi connectivity index (χ1) is 9.15. The second-order valence-electron chi connectivity index (χ2n) is 4.03. The minimum Gasteiger partial charge on any atom is -0.288 e. The van der Waals surface area contributed by atoms with Crippen LogP contribution in [0.4, 0.5) is 0 Å². The van der Waals surface area contributed by atoms with E-state index in [1.54, 1.807) is 24.3 Å². The number of nitrogens with one attached hydrogen (secondary N) is 1. The van der Waals surface area contributed by atoms with Crippen molar-refractivity contribution in [2.75, 3.05) is 0 Å². The number of fused-ring (bicyclic) bond motifs is 1. The maximum absolute atomic E-state index is 12.0. The molecule has 1 aromatic heterocycles. The van der Waals surface area contributed by atoms with Gasteiger partial charge in [-0.3, -0.25) is 14.9 Å². The Morgan fingerprint density at radius 2 is 1.74 bits per heavy atom. The van der Waals surface area contributed by atoms with Gasteiger partial charge in [-0.15, -0.1) is 11.3 Å². The van der Waals surface area contributed by atoms with Crippen LogP contribution in [0.3, 0.4) is 0 Å². The van der Waals surface area contributed by atoms with E-state index in [4.69, 9.17) is 0 Å². The lowest BCUT2D eigenvalue weighted by atomic mass is 9.94. The summed E-state index contributed by atoms with van der Waals surface area (Å²) in [4.78, 5) is 24.7. The van der Waals surface area contributed by atoms with Gasteiger partial charge < -0.3 is 0 Å². The number of rotatable bonds is 1. The molecule has 0 bridgehead atoms. The zero-order valence-corrected chi connectivity index (χ0v) is 12.0. The number of hydrogen-bond acceptors (Lipinski definition) is 3. The average molecular weight is 334 g/mol. The van der Waals surface area contributed by atoms with Gasteiger partial charge in [-0.25, -0.2) is 0 Å². The molecule has 1 aromatic carbocycles. The molecule has 0 spiro atoms. The van der Waals surface area contributed by atoms with Gasteiger partial charge in [0.25, 0.3) is 11.8 Å². The molecule has 0 fully saturated rings. The highest BCUT2D eigenvalue weighted by atomic mass is 79.9. The van der Waals surface area contributed by atoms with Crippen molar-refractivity contribution in [2.24, 2.45) is 0 Å². The van der Waals surface area contributed by atoms with Crippen molar-refractivity contribution in [3.8, 4) is 0 Å². The molecule has 3 nitrogen and oxygen atoms in total. The Hall–Kier alpha value is -1.72. The van der Waals surface area contributed by atoms with E-state index in [0.29, 0.717) is 16.7 Å². The quantitative estimate of drug-likeness (QED) is 0.642. The lowest BCUT2D eigenvalue weighted by Crippen LogP contribution is -2.36. The first-order valence-corrected chi connectivity index (χ1v) is 7.18. The first kappa shape index (κ1) is 12.3. The molecule has 19 heavy (non-hydrogen) atoms. The Bertz CT molecular complexity index is 718. The van der Waals surface area contributed by atoms with E-state index in [2.05, 4.69) is 21.2 Å². The molecule has 0 radical (unpaired) electrons. The van der Waals surface area contributed by atoms with Gasteiger partial charge in [-0.2, -0.15) is 0 Å². The highest BCUT2D eigenvalue weighted by Crippen LogP contribution is 2.29. The van der Waals surface area contributed by atoms with Gasteiger partial charge in [-0.1, -0.05) is 18.2 Å². The summed E-state index contributed by atoms with van der Waals surface area (Å²) in [5.41, 5.74) is 1.73. The van der Waals surface area contributed by atoms with Crippen LogP contribution >= 0.6 is 27.3 Å². The molecule has 0 unspecified atom stereocenters. The standard InChI is InChI=1S/C14H8BrNO2S/c15-12-6-5-8(19-12)7-11-9-3-1-2-4-10(9)13(17)16-14(11)18/h1-7H,(H,16,17,18)/b11-7+. The monoisotopic (exact) mass is 333 g/mol. The predicted molar refractivity (Wildman–Crippen MR) is 78.8 cm³/mol. The lowest BCUT2D eigenvalue weighted by Gasteiger charge is -2.17. The van der Waals surface area contributed by atoms with Crippen LogP contribution in [0.15, 0.2) is 40.2 Å². The zero-order valence-electron chi connectivity index (χ0n) is 9.64. The first-order valence-electron chi connectivity index (χ1n) is 5.57. The molecule has 2 aromatic rings. The van der Waals surface area contributed by atoms with Gasteiger partial charge in [0.1, 0.15) is 0 Å². The number of imide groups is 1. The predicted octanol–water partition coefficient (Wildman–Crippen LogP) is 3.32. The zero-order chi connectivity index (χ0) is 13.4. The van der Waals surface area contributed by atoms with Crippen molar-refractivity contribution in [1.29, 1.82) is 0 Å². The van der Waals surface area contributed by atoms with Crippen molar-refractivity contribution < 1.29 is 9.59 Å². The molecule has 0 saturated carbocycles. The van der Waals surface area contributed by atoms with E-state index < -0.39 is 0 Å². The van der Waals surface area contributed by atoms with Crippen molar-refractivity contribution in [3.05, 3.63) is 56.2 Å². The van der Waals surface area contributed by atoms with Crippen LogP contribution in [0, 0.1) is 0 Å². The fourth-order valence-corrected chi connectivity index (χ4v) is 3.33. The molecule has 0 atom stereocenters. The van der Waals surface area contributed by atoms with E-state index in [0.717, 1.165) is 8.66 Å². The van der Waals surface area contributed by atoms with Crippen LogP contribution in [0.1, 0.15) is 20.8 Å². The second kappa shape index (κ2) is 4.75.